The number of nitrogens with one attached hydrogen (secondary N) is 1. The summed E-state index contributed by atoms with van der Waals surface area (Å²) >= 11 is 0. The highest BCUT2D eigenvalue weighted by atomic mass is 16.5. The number of aromatic amines is 1. The SMILES string of the molecule is O=c1ccc2ccc3c(c2[nH]1)C=CC1(O3)C2CC3CC(C2)CC1C3. The van der Waals surface area contributed by atoms with Gasteiger partial charge >= 0.3 is 0 Å². The van der Waals surface area contributed by atoms with E-state index in [9.17, 15) is 4.79 Å². The van der Waals surface area contributed by atoms with Gasteiger partial charge < -0.3 is 9.72 Å². The molecular formula is C21H21NO2. The van der Waals surface area contributed by atoms with Crippen LogP contribution in [0.25, 0.3) is 17.0 Å². The maximum absolute atomic E-state index is 11.7. The number of ether oxygens (including phenoxy) is 1. The van der Waals surface area contributed by atoms with Crippen molar-refractivity contribution in [3.63, 3.8) is 0 Å². The van der Waals surface area contributed by atoms with Gasteiger partial charge in [0.2, 0.25) is 5.56 Å². The van der Waals surface area contributed by atoms with Gasteiger partial charge in [-0.05, 0) is 79.7 Å². The first-order valence-electron chi connectivity index (χ1n) is 9.25. The molecule has 3 nitrogen and oxygen atoms in total. The second kappa shape index (κ2) is 4.33. The Kier molecular flexibility index (Phi) is 2.39. The smallest absolute Gasteiger partial charge is 0.248 e. The number of fused-ring (bicyclic) bond motifs is 3. The summed E-state index contributed by atoms with van der Waals surface area (Å²) in [5.41, 5.74) is 1.78. The molecule has 0 radical (unpaired) electrons. The zero-order chi connectivity index (χ0) is 15.9. The third-order valence-electron chi connectivity index (χ3n) is 7.11. The molecule has 0 amide bonds. The number of rotatable bonds is 0. The summed E-state index contributed by atoms with van der Waals surface area (Å²) in [6.07, 6.45) is 11.3. The van der Waals surface area contributed by atoms with Gasteiger partial charge in [-0.2, -0.15) is 0 Å². The van der Waals surface area contributed by atoms with Crippen LogP contribution < -0.4 is 10.3 Å². The van der Waals surface area contributed by atoms with Crippen LogP contribution in [0.2, 0.25) is 0 Å². The fraction of sp³-hybridized carbons (Fsp3) is 0.476. The van der Waals surface area contributed by atoms with Crippen molar-refractivity contribution in [3.8, 4) is 5.75 Å². The highest BCUT2D eigenvalue weighted by Gasteiger charge is 2.58. The molecule has 4 saturated carbocycles. The van der Waals surface area contributed by atoms with Gasteiger partial charge in [0.25, 0.3) is 0 Å². The summed E-state index contributed by atoms with van der Waals surface area (Å²) in [6, 6.07) is 7.62. The molecule has 1 aromatic heterocycles. The molecule has 4 fully saturated rings. The third kappa shape index (κ3) is 1.60. The Balaban J connectivity index is 1.50. The predicted molar refractivity (Wildman–Crippen MR) is 94.0 cm³/mol. The monoisotopic (exact) mass is 319 g/mol. The minimum atomic E-state index is -0.0941. The normalized spacial score (nSPS) is 38.5. The largest absolute Gasteiger partial charge is 0.482 e. The zero-order valence-corrected chi connectivity index (χ0v) is 13.6. The van der Waals surface area contributed by atoms with Gasteiger partial charge in [-0.15, -0.1) is 0 Å². The first kappa shape index (κ1) is 13.3. The summed E-state index contributed by atoms with van der Waals surface area (Å²) in [4.78, 5) is 14.7. The van der Waals surface area contributed by atoms with Crippen LogP contribution in [0.5, 0.6) is 5.75 Å². The van der Waals surface area contributed by atoms with E-state index >= 15 is 0 Å². The Morgan fingerprint density at radius 2 is 1.67 bits per heavy atom. The maximum atomic E-state index is 11.7. The van der Waals surface area contributed by atoms with Crippen LogP contribution >= 0.6 is 0 Å². The van der Waals surface area contributed by atoms with Crippen molar-refractivity contribution in [2.24, 2.45) is 23.7 Å². The highest BCUT2D eigenvalue weighted by molar-refractivity contribution is 5.90. The summed E-state index contributed by atoms with van der Waals surface area (Å²) in [6.45, 7) is 0. The van der Waals surface area contributed by atoms with Crippen molar-refractivity contribution < 1.29 is 4.74 Å². The van der Waals surface area contributed by atoms with Crippen molar-refractivity contribution in [2.75, 3.05) is 0 Å². The molecule has 1 N–H and O–H groups in total. The number of H-pyrrole nitrogens is 1. The van der Waals surface area contributed by atoms with E-state index in [1.165, 1.54) is 32.1 Å². The third-order valence-corrected chi connectivity index (χ3v) is 7.11. The fourth-order valence-corrected chi connectivity index (χ4v) is 6.28. The van der Waals surface area contributed by atoms with Crippen LogP contribution in [0.15, 0.2) is 35.1 Å². The molecular weight excluding hydrogens is 298 g/mol. The number of hydrogen-bond acceptors (Lipinski definition) is 2. The number of hydrogen-bond donors (Lipinski definition) is 1. The molecule has 2 aromatic rings. The van der Waals surface area contributed by atoms with E-state index in [1.54, 1.807) is 6.07 Å². The molecule has 0 saturated heterocycles. The van der Waals surface area contributed by atoms with Crippen LogP contribution in [0.1, 0.15) is 37.7 Å². The number of benzene rings is 1. The lowest BCUT2D eigenvalue weighted by atomic mass is 9.49. The van der Waals surface area contributed by atoms with Crippen molar-refractivity contribution in [2.45, 2.75) is 37.7 Å². The Morgan fingerprint density at radius 3 is 2.42 bits per heavy atom. The molecule has 122 valence electrons. The van der Waals surface area contributed by atoms with E-state index in [1.807, 2.05) is 6.07 Å². The fourth-order valence-electron chi connectivity index (χ4n) is 6.28. The molecule has 1 spiro atoms. The van der Waals surface area contributed by atoms with Crippen molar-refractivity contribution >= 4 is 17.0 Å². The summed E-state index contributed by atoms with van der Waals surface area (Å²) in [7, 11) is 0. The van der Waals surface area contributed by atoms with Crippen LogP contribution in [0.3, 0.4) is 0 Å². The lowest BCUT2D eigenvalue weighted by Crippen LogP contribution is -2.60. The van der Waals surface area contributed by atoms with Crippen LogP contribution in [0.4, 0.5) is 0 Å². The molecule has 2 heterocycles. The molecule has 0 unspecified atom stereocenters. The minimum Gasteiger partial charge on any atom is -0.482 e. The summed E-state index contributed by atoms with van der Waals surface area (Å²) in [5.74, 6) is 4.15. The Morgan fingerprint density at radius 1 is 0.958 bits per heavy atom. The lowest BCUT2D eigenvalue weighted by Gasteiger charge is -2.60. The zero-order valence-electron chi connectivity index (χ0n) is 13.6. The van der Waals surface area contributed by atoms with Crippen LogP contribution in [0, 0.1) is 23.7 Å². The molecule has 4 bridgehead atoms. The van der Waals surface area contributed by atoms with Gasteiger partial charge in [-0.25, -0.2) is 0 Å². The Labute approximate surface area is 140 Å². The summed E-state index contributed by atoms with van der Waals surface area (Å²) in [5, 5.41) is 1.06. The molecule has 3 heteroatoms. The van der Waals surface area contributed by atoms with E-state index in [4.69, 9.17) is 4.74 Å². The molecule has 24 heavy (non-hydrogen) atoms. The predicted octanol–water partition coefficient (Wildman–Crippen LogP) is 4.13. The highest BCUT2D eigenvalue weighted by Crippen LogP contribution is 2.61. The van der Waals surface area contributed by atoms with E-state index in [0.29, 0.717) is 11.8 Å². The van der Waals surface area contributed by atoms with Crippen molar-refractivity contribution in [1.29, 1.82) is 0 Å². The molecule has 7 rings (SSSR count). The maximum Gasteiger partial charge on any atom is 0.248 e. The molecule has 1 aromatic carbocycles. The van der Waals surface area contributed by atoms with E-state index < -0.39 is 0 Å². The van der Waals surface area contributed by atoms with Gasteiger partial charge in [0.1, 0.15) is 11.4 Å². The van der Waals surface area contributed by atoms with Crippen LogP contribution in [-0.4, -0.2) is 10.6 Å². The molecule has 4 aliphatic carbocycles. The molecule has 0 atom stereocenters. The van der Waals surface area contributed by atoms with E-state index in [0.717, 1.165) is 34.1 Å². The Bertz CT molecular complexity index is 910. The van der Waals surface area contributed by atoms with E-state index in [-0.39, 0.29) is 11.2 Å². The second-order valence-corrected chi connectivity index (χ2v) is 8.36. The quantitative estimate of drug-likeness (QED) is 0.793. The number of pyridine rings is 1. The van der Waals surface area contributed by atoms with E-state index in [2.05, 4.69) is 29.3 Å². The Hall–Kier alpha value is -2.03. The van der Waals surface area contributed by atoms with Gasteiger partial charge in [-0.3, -0.25) is 4.79 Å². The minimum absolute atomic E-state index is 0.0563. The van der Waals surface area contributed by atoms with Gasteiger partial charge in [0, 0.05) is 23.5 Å². The first-order chi connectivity index (χ1) is 11.7. The average Bonchev–Trinajstić information content (AvgIpc) is 2.58. The lowest BCUT2D eigenvalue weighted by molar-refractivity contribution is -0.128. The van der Waals surface area contributed by atoms with Crippen molar-refractivity contribution in [1.82, 2.24) is 4.98 Å². The number of aromatic nitrogens is 1. The van der Waals surface area contributed by atoms with Gasteiger partial charge in [0.15, 0.2) is 0 Å². The van der Waals surface area contributed by atoms with Gasteiger partial charge in [0.05, 0.1) is 5.52 Å². The first-order valence-corrected chi connectivity index (χ1v) is 9.25. The summed E-state index contributed by atoms with van der Waals surface area (Å²) < 4.78 is 6.74. The van der Waals surface area contributed by atoms with Crippen LogP contribution in [-0.2, 0) is 0 Å². The molecule has 1 aliphatic heterocycles. The topological polar surface area (TPSA) is 42.1 Å². The average molecular weight is 319 g/mol. The standard InChI is InChI=1S/C21H21NO2/c23-19-4-2-14-1-3-18-17(20(14)22-19)5-6-21(24-18)15-8-12-7-13(10-15)11-16(21)9-12/h1-6,12-13,15-16H,7-11H2,(H,22,23). The van der Waals surface area contributed by atoms with Gasteiger partial charge in [-0.1, -0.05) is 0 Å². The second-order valence-electron chi connectivity index (χ2n) is 8.36. The van der Waals surface area contributed by atoms with Crippen molar-refractivity contribution in [3.05, 3.63) is 46.3 Å². The molecule has 5 aliphatic rings.